The molecule has 0 unspecified atom stereocenters. The van der Waals surface area contributed by atoms with Crippen molar-refractivity contribution in [3.8, 4) is 0 Å². The maximum Gasteiger partial charge on any atom is 0.249 e. The van der Waals surface area contributed by atoms with Crippen LogP contribution in [0.15, 0.2) is 42.9 Å². The van der Waals surface area contributed by atoms with Crippen LogP contribution in [0.3, 0.4) is 0 Å². The Morgan fingerprint density at radius 2 is 1.89 bits per heavy atom. The van der Waals surface area contributed by atoms with Crippen LogP contribution < -0.4 is 0 Å². The molecular formula is C21H27N3O3. The van der Waals surface area contributed by atoms with Crippen LogP contribution in [-0.2, 0) is 34.0 Å². The van der Waals surface area contributed by atoms with Gasteiger partial charge in [0.15, 0.2) is 0 Å². The smallest absolute Gasteiger partial charge is 0.249 e. The molecule has 0 N–H and O–H groups in total. The van der Waals surface area contributed by atoms with E-state index in [0.717, 1.165) is 30.6 Å². The number of fused-ring (bicyclic) bond motifs is 1. The maximum absolute atomic E-state index is 12.8. The van der Waals surface area contributed by atoms with Gasteiger partial charge < -0.3 is 18.9 Å². The molecule has 1 aliphatic carbocycles. The number of nitrogens with zero attached hydrogens (tertiary/aromatic N) is 3. The van der Waals surface area contributed by atoms with E-state index < -0.39 is 0 Å². The van der Waals surface area contributed by atoms with Crippen LogP contribution in [0, 0.1) is 0 Å². The van der Waals surface area contributed by atoms with E-state index in [0.29, 0.717) is 19.7 Å². The number of rotatable bonds is 6. The Balaban J connectivity index is 1.39. The van der Waals surface area contributed by atoms with Crippen LogP contribution in [0.4, 0.5) is 0 Å². The molecule has 144 valence electrons. The fourth-order valence-corrected chi connectivity index (χ4v) is 3.88. The fraction of sp³-hybridized carbons (Fsp3) is 0.524. The van der Waals surface area contributed by atoms with Gasteiger partial charge in [0.05, 0.1) is 31.9 Å². The van der Waals surface area contributed by atoms with Crippen LogP contribution >= 0.6 is 0 Å². The highest BCUT2D eigenvalue weighted by Crippen LogP contribution is 2.21. The predicted molar refractivity (Wildman–Crippen MR) is 101 cm³/mol. The summed E-state index contributed by atoms with van der Waals surface area (Å²) in [5.41, 5.74) is 2.23. The summed E-state index contributed by atoms with van der Waals surface area (Å²) in [4.78, 5) is 18.7. The topological polar surface area (TPSA) is 56.6 Å². The molecule has 6 nitrogen and oxygen atoms in total. The lowest BCUT2D eigenvalue weighted by Gasteiger charge is -2.25. The third kappa shape index (κ3) is 4.76. The molecule has 2 aromatic rings. The van der Waals surface area contributed by atoms with E-state index in [-0.39, 0.29) is 24.7 Å². The summed E-state index contributed by atoms with van der Waals surface area (Å²) in [7, 11) is 0. The van der Waals surface area contributed by atoms with Crippen LogP contribution in [0.25, 0.3) is 0 Å². The van der Waals surface area contributed by atoms with Crippen molar-refractivity contribution in [2.75, 3.05) is 13.2 Å². The summed E-state index contributed by atoms with van der Waals surface area (Å²) in [6, 6.07) is 8.01. The Bertz CT molecular complexity index is 740. The Hall–Kier alpha value is -2.18. The van der Waals surface area contributed by atoms with Gasteiger partial charge in [-0.25, -0.2) is 0 Å². The van der Waals surface area contributed by atoms with Gasteiger partial charge in [-0.05, 0) is 42.7 Å². The van der Waals surface area contributed by atoms with Gasteiger partial charge in [0, 0.05) is 30.8 Å². The number of amides is 1. The van der Waals surface area contributed by atoms with Crippen molar-refractivity contribution in [1.29, 1.82) is 0 Å². The van der Waals surface area contributed by atoms with E-state index in [4.69, 9.17) is 9.47 Å². The SMILES string of the molecule is O=C(COC1CCCC1)N1Cc2cccn2C[C@H](OCc2ccncc2)C1. The maximum atomic E-state index is 12.8. The van der Waals surface area contributed by atoms with E-state index in [1.807, 2.05) is 23.1 Å². The average Bonchev–Trinajstić information content (AvgIpc) is 3.34. The number of aromatic nitrogens is 2. The third-order valence-corrected chi connectivity index (χ3v) is 5.43. The highest BCUT2D eigenvalue weighted by Gasteiger charge is 2.26. The molecule has 2 aliphatic rings. The molecule has 0 bridgehead atoms. The summed E-state index contributed by atoms with van der Waals surface area (Å²) in [5.74, 6) is 0.0501. The van der Waals surface area contributed by atoms with Gasteiger partial charge >= 0.3 is 0 Å². The van der Waals surface area contributed by atoms with Crippen molar-refractivity contribution in [1.82, 2.24) is 14.5 Å². The summed E-state index contributed by atoms with van der Waals surface area (Å²) in [5, 5.41) is 0. The normalized spacial score (nSPS) is 20.4. The van der Waals surface area contributed by atoms with Gasteiger partial charge in [-0.1, -0.05) is 12.8 Å². The minimum Gasteiger partial charge on any atom is -0.370 e. The summed E-state index contributed by atoms with van der Waals surface area (Å²) in [6.45, 7) is 2.63. The second-order valence-electron chi connectivity index (χ2n) is 7.43. The van der Waals surface area contributed by atoms with Crippen molar-refractivity contribution in [3.05, 3.63) is 54.1 Å². The largest absolute Gasteiger partial charge is 0.370 e. The third-order valence-electron chi connectivity index (χ3n) is 5.43. The van der Waals surface area contributed by atoms with Crippen LogP contribution in [0.5, 0.6) is 0 Å². The zero-order valence-corrected chi connectivity index (χ0v) is 15.6. The van der Waals surface area contributed by atoms with Gasteiger partial charge in [-0.3, -0.25) is 9.78 Å². The minimum absolute atomic E-state index is 0.0501. The summed E-state index contributed by atoms with van der Waals surface area (Å²) >= 11 is 0. The Morgan fingerprint density at radius 3 is 2.70 bits per heavy atom. The van der Waals surface area contributed by atoms with Crippen molar-refractivity contribution >= 4 is 5.91 Å². The first kappa shape index (κ1) is 18.2. The Morgan fingerprint density at radius 1 is 1.07 bits per heavy atom. The number of carbonyl (C=O) groups excluding carboxylic acids is 1. The van der Waals surface area contributed by atoms with E-state index in [1.54, 1.807) is 12.4 Å². The quantitative estimate of drug-likeness (QED) is 0.786. The van der Waals surface area contributed by atoms with Crippen molar-refractivity contribution < 1.29 is 14.3 Å². The van der Waals surface area contributed by atoms with Gasteiger partial charge in [0.1, 0.15) is 6.61 Å². The van der Waals surface area contributed by atoms with E-state index in [1.165, 1.54) is 12.8 Å². The molecule has 0 radical (unpaired) electrons. The minimum atomic E-state index is -0.0535. The van der Waals surface area contributed by atoms with Crippen molar-refractivity contribution in [2.24, 2.45) is 0 Å². The van der Waals surface area contributed by atoms with Gasteiger partial charge in [-0.2, -0.15) is 0 Å². The molecular weight excluding hydrogens is 342 g/mol. The lowest BCUT2D eigenvalue weighted by Crippen LogP contribution is -2.39. The van der Waals surface area contributed by atoms with Crippen LogP contribution in [0.1, 0.15) is 36.9 Å². The number of carbonyl (C=O) groups is 1. The average molecular weight is 369 g/mol. The standard InChI is InChI=1S/C21H27N3O3/c25-21(16-27-19-5-1-2-6-19)24-12-18-4-3-11-23(18)13-20(14-24)26-15-17-7-9-22-10-8-17/h3-4,7-11,19-20H,1-2,5-6,12-16H2/t20-/m0/s1. The van der Waals surface area contributed by atoms with E-state index >= 15 is 0 Å². The second-order valence-corrected chi connectivity index (χ2v) is 7.43. The van der Waals surface area contributed by atoms with E-state index in [9.17, 15) is 4.79 Å². The lowest BCUT2D eigenvalue weighted by molar-refractivity contribution is -0.140. The lowest BCUT2D eigenvalue weighted by atomic mass is 10.2. The molecule has 1 atom stereocenters. The molecule has 3 heterocycles. The first-order valence-electron chi connectivity index (χ1n) is 9.82. The molecule has 2 aromatic heterocycles. The molecule has 0 spiro atoms. The molecule has 1 fully saturated rings. The number of pyridine rings is 1. The van der Waals surface area contributed by atoms with Gasteiger partial charge in [0.2, 0.25) is 5.91 Å². The molecule has 6 heteroatoms. The first-order chi connectivity index (χ1) is 13.3. The van der Waals surface area contributed by atoms with Gasteiger partial charge in [0.25, 0.3) is 0 Å². The number of hydrogen-bond acceptors (Lipinski definition) is 4. The summed E-state index contributed by atoms with van der Waals surface area (Å²) in [6.07, 6.45) is 10.4. The zero-order valence-electron chi connectivity index (χ0n) is 15.6. The monoisotopic (exact) mass is 369 g/mol. The van der Waals surface area contributed by atoms with Crippen LogP contribution in [-0.4, -0.2) is 45.7 Å². The molecule has 0 aromatic carbocycles. The van der Waals surface area contributed by atoms with Crippen molar-refractivity contribution in [2.45, 2.75) is 57.6 Å². The molecule has 27 heavy (non-hydrogen) atoms. The molecule has 1 saturated carbocycles. The van der Waals surface area contributed by atoms with Crippen LogP contribution in [0.2, 0.25) is 0 Å². The number of ether oxygens (including phenoxy) is 2. The zero-order chi connectivity index (χ0) is 18.5. The molecule has 1 amide bonds. The first-order valence-corrected chi connectivity index (χ1v) is 9.82. The second kappa shape index (κ2) is 8.67. The molecule has 4 rings (SSSR count). The molecule has 1 aliphatic heterocycles. The highest BCUT2D eigenvalue weighted by atomic mass is 16.5. The Kier molecular flexibility index (Phi) is 5.84. The van der Waals surface area contributed by atoms with E-state index in [2.05, 4.69) is 21.8 Å². The fourth-order valence-electron chi connectivity index (χ4n) is 3.88. The highest BCUT2D eigenvalue weighted by molar-refractivity contribution is 5.77. The number of hydrogen-bond donors (Lipinski definition) is 0. The summed E-state index contributed by atoms with van der Waals surface area (Å²) < 4.78 is 14.2. The van der Waals surface area contributed by atoms with Crippen molar-refractivity contribution in [3.63, 3.8) is 0 Å². The predicted octanol–water partition coefficient (Wildman–Crippen LogP) is 2.77. The van der Waals surface area contributed by atoms with Gasteiger partial charge in [-0.15, -0.1) is 0 Å². The molecule has 0 saturated heterocycles. The Labute approximate surface area is 160 Å².